The summed E-state index contributed by atoms with van der Waals surface area (Å²) in [5, 5.41) is 2.85. The third kappa shape index (κ3) is 4.90. The third-order valence-electron chi connectivity index (χ3n) is 2.83. The molecule has 1 atom stereocenters. The lowest BCUT2D eigenvalue weighted by Gasteiger charge is -2.18. The van der Waals surface area contributed by atoms with Gasteiger partial charge in [0.05, 0.1) is 17.5 Å². The van der Waals surface area contributed by atoms with Crippen molar-refractivity contribution in [3.05, 3.63) is 29.8 Å². The molecule has 1 aromatic rings. The lowest BCUT2D eigenvalue weighted by atomic mass is 10.1. The van der Waals surface area contributed by atoms with Gasteiger partial charge in [-0.1, -0.05) is 26.0 Å². The molecule has 0 unspecified atom stereocenters. The van der Waals surface area contributed by atoms with Gasteiger partial charge in [-0.2, -0.15) is 0 Å². The summed E-state index contributed by atoms with van der Waals surface area (Å²) >= 11 is 0. The van der Waals surface area contributed by atoms with Crippen LogP contribution in [0.3, 0.4) is 0 Å². The molecule has 0 aliphatic rings. The molecule has 1 rings (SSSR count). The summed E-state index contributed by atoms with van der Waals surface area (Å²) in [4.78, 5) is 12.1. The Labute approximate surface area is 114 Å². The molecular weight excluding hydrogens is 264 g/mol. The summed E-state index contributed by atoms with van der Waals surface area (Å²) in [6, 6.07) is 6.54. The van der Waals surface area contributed by atoms with Gasteiger partial charge in [-0.25, -0.2) is 8.42 Å². The highest BCUT2D eigenvalue weighted by atomic mass is 32.2. The quantitative estimate of drug-likeness (QED) is 0.866. The third-order valence-corrected chi connectivity index (χ3v) is 3.42. The van der Waals surface area contributed by atoms with Gasteiger partial charge in [-0.15, -0.1) is 0 Å². The minimum Gasteiger partial charge on any atom is -0.349 e. The van der Waals surface area contributed by atoms with Crippen LogP contribution in [0, 0.1) is 5.92 Å². The number of para-hydroxylation sites is 1. The minimum atomic E-state index is -3.41. The number of carbonyl (C=O) groups is 1. The second-order valence-corrected chi connectivity index (χ2v) is 6.67. The maximum Gasteiger partial charge on any atom is 0.253 e. The molecule has 19 heavy (non-hydrogen) atoms. The Kier molecular flexibility index (Phi) is 4.94. The number of sulfonamides is 1. The number of benzene rings is 1. The first-order chi connectivity index (χ1) is 8.70. The summed E-state index contributed by atoms with van der Waals surface area (Å²) in [6.45, 7) is 5.92. The highest BCUT2D eigenvalue weighted by Crippen LogP contribution is 2.16. The van der Waals surface area contributed by atoms with Gasteiger partial charge >= 0.3 is 0 Å². The number of rotatable bonds is 5. The van der Waals surface area contributed by atoms with Gasteiger partial charge in [0.1, 0.15) is 0 Å². The van der Waals surface area contributed by atoms with Crippen LogP contribution in [-0.2, 0) is 10.0 Å². The van der Waals surface area contributed by atoms with Crippen molar-refractivity contribution in [1.29, 1.82) is 0 Å². The van der Waals surface area contributed by atoms with E-state index in [1.165, 1.54) is 0 Å². The van der Waals surface area contributed by atoms with E-state index >= 15 is 0 Å². The van der Waals surface area contributed by atoms with Crippen LogP contribution in [0.15, 0.2) is 24.3 Å². The highest BCUT2D eigenvalue weighted by molar-refractivity contribution is 7.92. The average Bonchev–Trinajstić information content (AvgIpc) is 2.27. The second-order valence-electron chi connectivity index (χ2n) is 4.93. The Morgan fingerprint density at radius 3 is 2.26 bits per heavy atom. The average molecular weight is 284 g/mol. The van der Waals surface area contributed by atoms with E-state index in [9.17, 15) is 13.2 Å². The van der Waals surface area contributed by atoms with Gasteiger partial charge in [-0.3, -0.25) is 9.52 Å². The van der Waals surface area contributed by atoms with Gasteiger partial charge in [0.2, 0.25) is 10.0 Å². The zero-order chi connectivity index (χ0) is 14.6. The van der Waals surface area contributed by atoms with Crippen molar-refractivity contribution in [3.8, 4) is 0 Å². The molecule has 0 aromatic heterocycles. The SMILES string of the molecule is CC(C)[C@H](C)NC(=O)c1ccccc1NS(C)(=O)=O. The Hall–Kier alpha value is -1.56. The fourth-order valence-electron chi connectivity index (χ4n) is 1.42. The van der Waals surface area contributed by atoms with Crippen LogP contribution in [-0.4, -0.2) is 26.6 Å². The molecule has 0 saturated carbocycles. The monoisotopic (exact) mass is 284 g/mol. The van der Waals surface area contributed by atoms with Gasteiger partial charge in [0.25, 0.3) is 5.91 Å². The first-order valence-electron chi connectivity index (χ1n) is 6.08. The van der Waals surface area contributed by atoms with Gasteiger partial charge in [0, 0.05) is 6.04 Å². The van der Waals surface area contributed by atoms with Crippen molar-refractivity contribution in [2.24, 2.45) is 5.92 Å². The van der Waals surface area contributed by atoms with E-state index in [0.29, 0.717) is 17.2 Å². The summed E-state index contributed by atoms with van der Waals surface area (Å²) in [5.74, 6) is 0.0203. The van der Waals surface area contributed by atoms with E-state index in [2.05, 4.69) is 10.0 Å². The molecule has 6 heteroatoms. The number of anilines is 1. The van der Waals surface area contributed by atoms with E-state index in [-0.39, 0.29) is 11.9 Å². The summed E-state index contributed by atoms with van der Waals surface area (Å²) in [5.41, 5.74) is 0.610. The van der Waals surface area contributed by atoms with Crippen molar-refractivity contribution in [3.63, 3.8) is 0 Å². The minimum absolute atomic E-state index is 0.0128. The molecule has 1 amide bonds. The van der Waals surface area contributed by atoms with E-state index in [1.54, 1.807) is 24.3 Å². The lowest BCUT2D eigenvalue weighted by Crippen LogP contribution is -2.36. The van der Waals surface area contributed by atoms with Crippen LogP contribution in [0.5, 0.6) is 0 Å². The number of amides is 1. The molecule has 0 saturated heterocycles. The zero-order valence-corrected chi connectivity index (χ0v) is 12.4. The van der Waals surface area contributed by atoms with Crippen LogP contribution in [0.2, 0.25) is 0 Å². The number of hydrogen-bond acceptors (Lipinski definition) is 3. The van der Waals surface area contributed by atoms with E-state index in [0.717, 1.165) is 6.26 Å². The highest BCUT2D eigenvalue weighted by Gasteiger charge is 2.16. The second kappa shape index (κ2) is 6.06. The lowest BCUT2D eigenvalue weighted by molar-refractivity contribution is 0.0931. The molecule has 0 heterocycles. The molecule has 106 valence electrons. The molecule has 0 fully saturated rings. The van der Waals surface area contributed by atoms with Gasteiger partial charge < -0.3 is 5.32 Å². The molecule has 5 nitrogen and oxygen atoms in total. The molecule has 0 aliphatic carbocycles. The Balaban J connectivity index is 2.97. The Morgan fingerprint density at radius 1 is 1.16 bits per heavy atom. The van der Waals surface area contributed by atoms with Crippen LogP contribution in [0.1, 0.15) is 31.1 Å². The normalized spacial score (nSPS) is 13.1. The van der Waals surface area contributed by atoms with Crippen LogP contribution < -0.4 is 10.0 Å². The molecule has 0 spiro atoms. The predicted octanol–water partition coefficient (Wildman–Crippen LogP) is 1.83. The smallest absolute Gasteiger partial charge is 0.253 e. The molecule has 1 aromatic carbocycles. The maximum absolute atomic E-state index is 12.1. The molecule has 0 bridgehead atoms. The maximum atomic E-state index is 12.1. The van der Waals surface area contributed by atoms with Crippen LogP contribution in [0.25, 0.3) is 0 Å². The molecule has 0 aliphatic heterocycles. The number of nitrogens with one attached hydrogen (secondary N) is 2. The van der Waals surface area contributed by atoms with Crippen LogP contribution in [0.4, 0.5) is 5.69 Å². The van der Waals surface area contributed by atoms with Crippen LogP contribution >= 0.6 is 0 Å². The number of hydrogen-bond donors (Lipinski definition) is 2. The van der Waals surface area contributed by atoms with Crippen molar-refractivity contribution in [2.75, 3.05) is 11.0 Å². The van der Waals surface area contributed by atoms with E-state index in [1.807, 2.05) is 20.8 Å². The van der Waals surface area contributed by atoms with Crippen molar-refractivity contribution < 1.29 is 13.2 Å². The van der Waals surface area contributed by atoms with E-state index < -0.39 is 10.0 Å². The predicted molar refractivity (Wildman–Crippen MR) is 76.7 cm³/mol. The fraction of sp³-hybridized carbons (Fsp3) is 0.462. The largest absolute Gasteiger partial charge is 0.349 e. The summed E-state index contributed by atoms with van der Waals surface area (Å²) in [6.07, 6.45) is 1.05. The van der Waals surface area contributed by atoms with Crippen molar-refractivity contribution in [1.82, 2.24) is 5.32 Å². The van der Waals surface area contributed by atoms with Gasteiger partial charge in [0.15, 0.2) is 0 Å². The van der Waals surface area contributed by atoms with Crippen molar-refractivity contribution >= 4 is 21.6 Å². The topological polar surface area (TPSA) is 75.3 Å². The standard InChI is InChI=1S/C13H20N2O3S/c1-9(2)10(3)14-13(16)11-7-5-6-8-12(11)15-19(4,17)18/h5-10,15H,1-4H3,(H,14,16)/t10-/m0/s1. The molecular formula is C13H20N2O3S. The first-order valence-corrected chi connectivity index (χ1v) is 7.97. The first kappa shape index (κ1) is 15.5. The summed E-state index contributed by atoms with van der Waals surface area (Å²) in [7, 11) is -3.41. The molecule has 0 radical (unpaired) electrons. The van der Waals surface area contributed by atoms with Gasteiger partial charge in [-0.05, 0) is 25.0 Å². The summed E-state index contributed by atoms with van der Waals surface area (Å²) < 4.78 is 24.9. The number of carbonyl (C=O) groups excluding carboxylic acids is 1. The Bertz CT molecular complexity index is 553. The van der Waals surface area contributed by atoms with Crippen molar-refractivity contribution in [2.45, 2.75) is 26.8 Å². The fourth-order valence-corrected chi connectivity index (χ4v) is 2.00. The zero-order valence-electron chi connectivity index (χ0n) is 11.6. The van der Waals surface area contributed by atoms with E-state index in [4.69, 9.17) is 0 Å². The molecule has 2 N–H and O–H groups in total. The Morgan fingerprint density at radius 2 is 1.74 bits per heavy atom.